The number of hydrogen-bond acceptors (Lipinski definition) is 2. The van der Waals surface area contributed by atoms with Crippen LogP contribution >= 0.6 is 0 Å². The fourth-order valence-electron chi connectivity index (χ4n) is 2.78. The zero-order chi connectivity index (χ0) is 15.5. The van der Waals surface area contributed by atoms with Crippen molar-refractivity contribution >= 4 is 23.4 Å². The lowest BCUT2D eigenvalue weighted by atomic mass is 9.90. The fourth-order valence-corrected chi connectivity index (χ4v) is 2.78. The van der Waals surface area contributed by atoms with Crippen LogP contribution in [0.2, 0.25) is 0 Å². The van der Waals surface area contributed by atoms with Gasteiger partial charge in [-0.3, -0.25) is 4.79 Å². The zero-order valence-corrected chi connectivity index (χ0v) is 13.0. The molecule has 22 heavy (non-hydrogen) atoms. The van der Waals surface area contributed by atoms with Gasteiger partial charge in [-0.1, -0.05) is 19.9 Å². The molecule has 1 N–H and O–H groups in total. The number of imidazole rings is 1. The number of rotatable bonds is 4. The van der Waals surface area contributed by atoms with Gasteiger partial charge in [-0.2, -0.15) is 0 Å². The molecule has 114 valence electrons. The van der Waals surface area contributed by atoms with Crippen molar-refractivity contribution in [2.24, 2.45) is 5.92 Å². The third-order valence-electron chi connectivity index (χ3n) is 4.29. The lowest BCUT2D eigenvalue weighted by Gasteiger charge is -2.20. The molecule has 1 aromatic carbocycles. The Bertz CT molecular complexity index is 701. The normalized spacial score (nSPS) is 16.1. The van der Waals surface area contributed by atoms with Gasteiger partial charge in [0.05, 0.1) is 6.33 Å². The molecule has 1 unspecified atom stereocenters. The van der Waals surface area contributed by atoms with Crippen molar-refractivity contribution in [2.45, 2.75) is 33.1 Å². The number of nitrogens with zero attached hydrogens (tertiary/aromatic N) is 2. The Balaban J connectivity index is 2.00. The Labute approximate surface area is 130 Å². The Morgan fingerprint density at radius 2 is 2.32 bits per heavy atom. The molecule has 0 radical (unpaired) electrons. The van der Waals surface area contributed by atoms with Crippen LogP contribution in [0, 0.1) is 5.92 Å². The highest BCUT2D eigenvalue weighted by molar-refractivity contribution is 5.94. The van der Waals surface area contributed by atoms with Gasteiger partial charge in [-0.05, 0) is 47.6 Å². The third kappa shape index (κ3) is 2.96. The van der Waals surface area contributed by atoms with Gasteiger partial charge < -0.3 is 9.88 Å². The largest absolute Gasteiger partial charge is 0.326 e. The predicted octanol–water partition coefficient (Wildman–Crippen LogP) is 3.81. The minimum absolute atomic E-state index is 0.108. The third-order valence-corrected chi connectivity index (χ3v) is 4.29. The minimum Gasteiger partial charge on any atom is -0.326 e. The Morgan fingerprint density at radius 1 is 1.45 bits per heavy atom. The predicted molar refractivity (Wildman–Crippen MR) is 89.2 cm³/mol. The standard InChI is InChI=1S/C18H21N3O/c1-3-13(2)16(11-21-9-8-19-12-21)14-4-6-17-15(10-14)5-7-18(22)20-17/h4,6,8-13H,3,5,7H2,1-2H3,(H,20,22)/b16-11+. The van der Waals surface area contributed by atoms with E-state index < -0.39 is 0 Å². The van der Waals surface area contributed by atoms with Crippen molar-refractivity contribution in [3.05, 3.63) is 48.0 Å². The van der Waals surface area contributed by atoms with E-state index in [1.807, 2.05) is 16.8 Å². The van der Waals surface area contributed by atoms with Gasteiger partial charge in [-0.15, -0.1) is 0 Å². The molecule has 2 heterocycles. The molecule has 2 aromatic rings. The molecule has 0 saturated carbocycles. The molecule has 1 aliphatic heterocycles. The summed E-state index contributed by atoms with van der Waals surface area (Å²) in [4.78, 5) is 15.6. The summed E-state index contributed by atoms with van der Waals surface area (Å²) in [7, 11) is 0. The van der Waals surface area contributed by atoms with Crippen molar-refractivity contribution in [3.63, 3.8) is 0 Å². The first-order valence-electron chi connectivity index (χ1n) is 7.79. The summed E-state index contributed by atoms with van der Waals surface area (Å²) < 4.78 is 1.99. The molecule has 4 nitrogen and oxygen atoms in total. The van der Waals surface area contributed by atoms with Crippen molar-refractivity contribution in [1.82, 2.24) is 9.55 Å². The summed E-state index contributed by atoms with van der Waals surface area (Å²) in [6.45, 7) is 4.44. The smallest absolute Gasteiger partial charge is 0.224 e. The number of hydrogen-bond donors (Lipinski definition) is 1. The summed E-state index contributed by atoms with van der Waals surface area (Å²) >= 11 is 0. The van der Waals surface area contributed by atoms with E-state index in [9.17, 15) is 4.79 Å². The van der Waals surface area contributed by atoms with Crippen LogP contribution < -0.4 is 5.32 Å². The maximum atomic E-state index is 11.5. The lowest BCUT2D eigenvalue weighted by molar-refractivity contribution is -0.116. The molecule has 0 aliphatic carbocycles. The van der Waals surface area contributed by atoms with Gasteiger partial charge in [0, 0.05) is 30.7 Å². The summed E-state index contributed by atoms with van der Waals surface area (Å²) in [5.41, 5.74) is 4.68. The van der Waals surface area contributed by atoms with Crippen molar-refractivity contribution in [3.8, 4) is 0 Å². The maximum absolute atomic E-state index is 11.5. The first kappa shape index (κ1) is 14.6. The van der Waals surface area contributed by atoms with E-state index in [-0.39, 0.29) is 5.91 Å². The zero-order valence-electron chi connectivity index (χ0n) is 13.0. The molecule has 4 heteroatoms. The van der Waals surface area contributed by atoms with Crippen LogP contribution in [0.1, 0.15) is 37.8 Å². The van der Waals surface area contributed by atoms with Gasteiger partial charge >= 0.3 is 0 Å². The number of carbonyl (C=O) groups is 1. The van der Waals surface area contributed by atoms with Crippen molar-refractivity contribution in [1.29, 1.82) is 0 Å². The molecule has 0 bridgehead atoms. The van der Waals surface area contributed by atoms with E-state index in [1.165, 1.54) is 16.7 Å². The molecular weight excluding hydrogens is 274 g/mol. The van der Waals surface area contributed by atoms with Gasteiger partial charge in [0.2, 0.25) is 5.91 Å². The summed E-state index contributed by atoms with van der Waals surface area (Å²) in [6, 6.07) is 6.33. The summed E-state index contributed by atoms with van der Waals surface area (Å²) in [6.07, 6.45) is 10.1. The average Bonchev–Trinajstić information content (AvgIpc) is 3.04. The fraction of sp³-hybridized carbons (Fsp3) is 0.333. The Kier molecular flexibility index (Phi) is 4.09. The van der Waals surface area contributed by atoms with Gasteiger partial charge in [0.15, 0.2) is 0 Å². The minimum atomic E-state index is 0.108. The highest BCUT2D eigenvalue weighted by atomic mass is 16.1. The number of benzene rings is 1. The molecular formula is C18H21N3O. The van der Waals surface area contributed by atoms with Crippen LogP contribution in [0.5, 0.6) is 0 Å². The van der Waals surface area contributed by atoms with E-state index in [4.69, 9.17) is 0 Å². The van der Waals surface area contributed by atoms with E-state index >= 15 is 0 Å². The second-order valence-corrected chi connectivity index (χ2v) is 5.82. The average molecular weight is 295 g/mol. The number of aromatic nitrogens is 2. The summed E-state index contributed by atoms with van der Waals surface area (Å²) in [5, 5.41) is 2.94. The molecule has 1 aliphatic rings. The van der Waals surface area contributed by atoms with E-state index in [1.54, 1.807) is 12.5 Å². The van der Waals surface area contributed by atoms with E-state index in [0.29, 0.717) is 12.3 Å². The number of amides is 1. The van der Waals surface area contributed by atoms with Crippen LogP contribution in [0.3, 0.4) is 0 Å². The highest BCUT2D eigenvalue weighted by Gasteiger charge is 2.17. The lowest BCUT2D eigenvalue weighted by Crippen LogP contribution is -2.19. The molecule has 0 spiro atoms. The number of allylic oxidation sites excluding steroid dienone is 1. The molecule has 1 amide bonds. The topological polar surface area (TPSA) is 46.9 Å². The Morgan fingerprint density at radius 3 is 3.05 bits per heavy atom. The van der Waals surface area contributed by atoms with Crippen LogP contribution in [0.4, 0.5) is 5.69 Å². The monoisotopic (exact) mass is 295 g/mol. The summed E-state index contributed by atoms with van der Waals surface area (Å²) in [5.74, 6) is 0.565. The van der Waals surface area contributed by atoms with Crippen molar-refractivity contribution < 1.29 is 4.79 Å². The first-order chi connectivity index (χ1) is 10.7. The second kappa shape index (κ2) is 6.18. The van der Waals surface area contributed by atoms with Crippen LogP contribution in [0.15, 0.2) is 36.9 Å². The van der Waals surface area contributed by atoms with Gasteiger partial charge in [0.25, 0.3) is 0 Å². The van der Waals surface area contributed by atoms with E-state index in [0.717, 1.165) is 18.5 Å². The molecule has 1 atom stereocenters. The highest BCUT2D eigenvalue weighted by Crippen LogP contribution is 2.31. The number of carbonyl (C=O) groups excluding carboxylic acids is 1. The van der Waals surface area contributed by atoms with Crippen LogP contribution in [-0.2, 0) is 11.2 Å². The molecule has 0 fully saturated rings. The van der Waals surface area contributed by atoms with Crippen LogP contribution in [-0.4, -0.2) is 15.5 Å². The SMILES string of the molecule is CCC(C)/C(=C\n1ccnc1)c1ccc2c(c1)CCC(=O)N2. The molecule has 1 aromatic heterocycles. The van der Waals surface area contributed by atoms with Gasteiger partial charge in [-0.25, -0.2) is 4.98 Å². The number of nitrogens with one attached hydrogen (secondary N) is 1. The second-order valence-electron chi connectivity index (χ2n) is 5.82. The van der Waals surface area contributed by atoms with Crippen LogP contribution in [0.25, 0.3) is 11.8 Å². The van der Waals surface area contributed by atoms with Crippen molar-refractivity contribution in [2.75, 3.05) is 5.32 Å². The first-order valence-corrected chi connectivity index (χ1v) is 7.79. The Hall–Kier alpha value is -2.36. The molecule has 3 rings (SSSR count). The number of fused-ring (bicyclic) bond motifs is 1. The number of anilines is 1. The number of aryl methyl sites for hydroxylation is 1. The quantitative estimate of drug-likeness (QED) is 0.932. The maximum Gasteiger partial charge on any atom is 0.224 e. The van der Waals surface area contributed by atoms with E-state index in [2.05, 4.69) is 42.5 Å². The molecule has 0 saturated heterocycles. The van der Waals surface area contributed by atoms with Gasteiger partial charge in [0.1, 0.15) is 0 Å².